The van der Waals surface area contributed by atoms with E-state index in [4.69, 9.17) is 4.74 Å². The average Bonchev–Trinajstić information content (AvgIpc) is 2.67. The van der Waals surface area contributed by atoms with Crippen LogP contribution in [-0.4, -0.2) is 11.1 Å². The molecule has 1 heterocycles. The highest BCUT2D eigenvalue weighted by molar-refractivity contribution is 5.85. The van der Waals surface area contributed by atoms with Crippen molar-refractivity contribution in [3.8, 4) is 11.5 Å². The summed E-state index contributed by atoms with van der Waals surface area (Å²) >= 11 is 0. The van der Waals surface area contributed by atoms with Crippen molar-refractivity contribution in [3.63, 3.8) is 0 Å². The van der Waals surface area contributed by atoms with E-state index in [1.807, 2.05) is 36.4 Å². The number of aliphatic carboxylic acids is 1. The highest BCUT2D eigenvalue weighted by Gasteiger charge is 2.35. The molecule has 1 N–H and O–H groups in total. The molecule has 0 saturated heterocycles. The zero-order valence-electron chi connectivity index (χ0n) is 16.5. The summed E-state index contributed by atoms with van der Waals surface area (Å²) in [5, 5.41) is 10.1. The molecular formula is C25H23FO3. The van der Waals surface area contributed by atoms with E-state index in [9.17, 15) is 14.3 Å². The maximum absolute atomic E-state index is 13.7. The summed E-state index contributed by atoms with van der Waals surface area (Å²) < 4.78 is 19.8. The quantitative estimate of drug-likeness (QED) is 0.587. The van der Waals surface area contributed by atoms with Crippen LogP contribution in [-0.2, 0) is 17.6 Å². The molecule has 0 amide bonds. The molecule has 0 aromatic heterocycles. The minimum atomic E-state index is -0.894. The Labute approximate surface area is 169 Å². The fourth-order valence-electron chi connectivity index (χ4n) is 4.12. The summed E-state index contributed by atoms with van der Waals surface area (Å²) in [6, 6.07) is 17.7. The van der Waals surface area contributed by atoms with Gasteiger partial charge in [0.15, 0.2) is 0 Å². The zero-order valence-corrected chi connectivity index (χ0v) is 16.5. The fourth-order valence-corrected chi connectivity index (χ4v) is 4.12. The molecule has 148 valence electrons. The topological polar surface area (TPSA) is 46.5 Å². The Balaban J connectivity index is 1.88. The molecule has 0 radical (unpaired) electrons. The number of hydrogen-bond donors (Lipinski definition) is 1. The Bertz CT molecular complexity index is 1070. The van der Waals surface area contributed by atoms with E-state index < -0.39 is 11.9 Å². The third-order valence-electron chi connectivity index (χ3n) is 5.30. The number of benzene rings is 3. The number of carboxylic acids is 1. The van der Waals surface area contributed by atoms with Crippen LogP contribution in [0.1, 0.15) is 47.6 Å². The first-order chi connectivity index (χ1) is 13.9. The van der Waals surface area contributed by atoms with Crippen LogP contribution in [0.15, 0.2) is 60.7 Å². The largest absolute Gasteiger partial charge is 0.481 e. The standard InChI is InChI=1S/C25H23FO3/c1-15(2)12-20-17(13-16-6-5-7-18(26)14-16)10-11-22-23(20)24(25(27)28)19-8-3-4-9-21(19)29-22/h3-11,14-15,24H,12-13H2,1-2H3,(H,27,28). The number of halogens is 1. The molecule has 1 unspecified atom stereocenters. The van der Waals surface area contributed by atoms with E-state index in [0.29, 0.717) is 29.4 Å². The van der Waals surface area contributed by atoms with E-state index in [0.717, 1.165) is 28.7 Å². The van der Waals surface area contributed by atoms with Gasteiger partial charge in [-0.2, -0.15) is 0 Å². The van der Waals surface area contributed by atoms with Gasteiger partial charge in [-0.05, 0) is 59.7 Å². The third-order valence-corrected chi connectivity index (χ3v) is 5.30. The second kappa shape index (κ2) is 7.70. The Kier molecular flexibility index (Phi) is 5.10. The van der Waals surface area contributed by atoms with Gasteiger partial charge in [-0.3, -0.25) is 4.79 Å². The van der Waals surface area contributed by atoms with Gasteiger partial charge >= 0.3 is 5.97 Å². The van der Waals surface area contributed by atoms with Crippen molar-refractivity contribution in [2.45, 2.75) is 32.6 Å². The van der Waals surface area contributed by atoms with Crippen LogP contribution in [0.3, 0.4) is 0 Å². The monoisotopic (exact) mass is 390 g/mol. The maximum atomic E-state index is 13.7. The van der Waals surface area contributed by atoms with Crippen molar-refractivity contribution >= 4 is 5.97 Å². The smallest absolute Gasteiger partial charge is 0.315 e. The van der Waals surface area contributed by atoms with Gasteiger partial charge in [0.05, 0.1) is 0 Å². The van der Waals surface area contributed by atoms with Gasteiger partial charge in [-0.15, -0.1) is 0 Å². The number of carbonyl (C=O) groups is 1. The van der Waals surface area contributed by atoms with Crippen LogP contribution in [0.2, 0.25) is 0 Å². The first-order valence-corrected chi connectivity index (χ1v) is 9.82. The lowest BCUT2D eigenvalue weighted by molar-refractivity contribution is -0.137. The van der Waals surface area contributed by atoms with Crippen molar-refractivity contribution < 1.29 is 19.0 Å². The Morgan fingerprint density at radius 1 is 1.07 bits per heavy atom. The number of hydrogen-bond acceptors (Lipinski definition) is 2. The summed E-state index contributed by atoms with van der Waals surface area (Å²) in [5.74, 6) is -0.437. The SMILES string of the molecule is CC(C)Cc1c(Cc2cccc(F)c2)ccc2c1C(C(=O)O)c1ccccc1O2. The first kappa shape index (κ1) is 19.2. The number of ether oxygens (including phenoxy) is 1. The van der Waals surface area contributed by atoms with Crippen molar-refractivity contribution in [1.82, 2.24) is 0 Å². The molecule has 1 aliphatic rings. The van der Waals surface area contributed by atoms with Crippen molar-refractivity contribution in [1.29, 1.82) is 0 Å². The summed E-state index contributed by atoms with van der Waals surface area (Å²) in [5.41, 5.74) is 4.25. The lowest BCUT2D eigenvalue weighted by Gasteiger charge is -2.29. The lowest BCUT2D eigenvalue weighted by Crippen LogP contribution is -2.21. The highest BCUT2D eigenvalue weighted by Crippen LogP contribution is 2.47. The van der Waals surface area contributed by atoms with E-state index >= 15 is 0 Å². The molecule has 1 aliphatic heterocycles. The van der Waals surface area contributed by atoms with Crippen molar-refractivity contribution in [2.75, 3.05) is 0 Å². The fraction of sp³-hybridized carbons (Fsp3) is 0.240. The van der Waals surface area contributed by atoms with Crippen LogP contribution < -0.4 is 4.74 Å². The maximum Gasteiger partial charge on any atom is 0.315 e. The number of rotatable bonds is 5. The van der Waals surface area contributed by atoms with Crippen LogP contribution >= 0.6 is 0 Å². The second-order valence-electron chi connectivity index (χ2n) is 7.93. The number of para-hydroxylation sites is 1. The van der Waals surface area contributed by atoms with Gasteiger partial charge in [0.25, 0.3) is 0 Å². The van der Waals surface area contributed by atoms with Crippen molar-refractivity contribution in [2.24, 2.45) is 5.92 Å². The Hall–Kier alpha value is -3.14. The predicted molar refractivity (Wildman–Crippen MR) is 110 cm³/mol. The van der Waals surface area contributed by atoms with E-state index in [2.05, 4.69) is 13.8 Å². The predicted octanol–water partition coefficient (Wildman–Crippen LogP) is 5.94. The zero-order chi connectivity index (χ0) is 20.5. The van der Waals surface area contributed by atoms with Crippen molar-refractivity contribution in [3.05, 3.63) is 94.3 Å². The summed E-state index contributed by atoms with van der Waals surface area (Å²) in [6.07, 6.45) is 1.27. The minimum Gasteiger partial charge on any atom is -0.481 e. The normalized spacial score (nSPS) is 14.8. The molecule has 0 saturated carbocycles. The molecule has 29 heavy (non-hydrogen) atoms. The van der Waals surface area contributed by atoms with Gasteiger partial charge in [0.1, 0.15) is 23.2 Å². The van der Waals surface area contributed by atoms with Gasteiger partial charge in [-0.1, -0.05) is 50.2 Å². The third kappa shape index (κ3) is 3.75. The summed E-state index contributed by atoms with van der Waals surface area (Å²) in [6.45, 7) is 4.22. The molecular weight excluding hydrogens is 367 g/mol. The molecule has 3 nitrogen and oxygen atoms in total. The molecule has 0 bridgehead atoms. The van der Waals surface area contributed by atoms with E-state index in [-0.39, 0.29) is 5.82 Å². The molecule has 0 spiro atoms. The van der Waals surface area contributed by atoms with Gasteiger partial charge < -0.3 is 9.84 Å². The first-order valence-electron chi connectivity index (χ1n) is 9.82. The molecule has 3 aromatic rings. The summed E-state index contributed by atoms with van der Waals surface area (Å²) in [4.78, 5) is 12.3. The van der Waals surface area contributed by atoms with E-state index in [1.54, 1.807) is 12.1 Å². The van der Waals surface area contributed by atoms with E-state index in [1.165, 1.54) is 12.1 Å². The lowest BCUT2D eigenvalue weighted by atomic mass is 9.80. The van der Waals surface area contributed by atoms with Crippen LogP contribution in [0.5, 0.6) is 11.5 Å². The molecule has 4 heteroatoms. The Morgan fingerprint density at radius 2 is 1.86 bits per heavy atom. The highest BCUT2D eigenvalue weighted by atomic mass is 19.1. The number of carboxylic acid groups (broad SMARTS) is 1. The molecule has 0 aliphatic carbocycles. The van der Waals surface area contributed by atoms with Gasteiger partial charge in [0.2, 0.25) is 0 Å². The van der Waals surface area contributed by atoms with Crippen LogP contribution in [0.4, 0.5) is 4.39 Å². The minimum absolute atomic E-state index is 0.272. The second-order valence-corrected chi connectivity index (χ2v) is 7.93. The van der Waals surface area contributed by atoms with Gasteiger partial charge in [0, 0.05) is 11.1 Å². The molecule has 0 fully saturated rings. The molecule has 3 aromatic carbocycles. The van der Waals surface area contributed by atoms with Crippen LogP contribution in [0.25, 0.3) is 0 Å². The molecule has 4 rings (SSSR count). The van der Waals surface area contributed by atoms with Crippen LogP contribution in [0, 0.1) is 11.7 Å². The average molecular weight is 390 g/mol. The van der Waals surface area contributed by atoms with Gasteiger partial charge in [-0.25, -0.2) is 4.39 Å². The number of fused-ring (bicyclic) bond motifs is 2. The summed E-state index contributed by atoms with van der Waals surface area (Å²) in [7, 11) is 0. The Morgan fingerprint density at radius 3 is 2.59 bits per heavy atom. The molecule has 1 atom stereocenters.